The Morgan fingerprint density at radius 1 is 0.600 bits per heavy atom. The van der Waals surface area contributed by atoms with Crippen molar-refractivity contribution in [1.29, 1.82) is 0 Å². The van der Waals surface area contributed by atoms with Gasteiger partial charge in [0.05, 0.1) is 5.69 Å². The number of hydrogen-bond acceptors (Lipinski definition) is 4. The molecule has 4 aromatic rings. The van der Waals surface area contributed by atoms with Crippen LogP contribution in [0.3, 0.4) is 0 Å². The van der Waals surface area contributed by atoms with Gasteiger partial charge in [-0.25, -0.2) is 4.98 Å². The van der Waals surface area contributed by atoms with Crippen molar-refractivity contribution in [3.63, 3.8) is 0 Å². The first kappa shape index (κ1) is 15.4. The lowest BCUT2D eigenvalue weighted by Crippen LogP contribution is -1.97. The molecule has 0 radical (unpaired) electrons. The highest BCUT2D eigenvalue weighted by Crippen LogP contribution is 2.25. The number of aromatic nitrogens is 4. The van der Waals surface area contributed by atoms with Crippen LogP contribution in [0.1, 0.15) is 0 Å². The van der Waals surface area contributed by atoms with E-state index >= 15 is 0 Å². The van der Waals surface area contributed by atoms with E-state index in [1.807, 2.05) is 72.8 Å². The van der Waals surface area contributed by atoms with Gasteiger partial charge in [-0.15, -0.1) is 0 Å². The van der Waals surface area contributed by atoms with Crippen molar-refractivity contribution in [2.45, 2.75) is 0 Å². The zero-order valence-electron chi connectivity index (χ0n) is 13.2. The molecular formula is C20H13ClN4. The molecule has 0 aliphatic rings. The van der Waals surface area contributed by atoms with E-state index in [4.69, 9.17) is 11.6 Å². The largest absolute Gasteiger partial charge is 0.256 e. The molecule has 0 aliphatic carbocycles. The predicted octanol–water partition coefficient (Wildman–Crippen LogP) is 4.92. The summed E-state index contributed by atoms with van der Waals surface area (Å²) in [5.41, 5.74) is 3.65. The molecule has 2 aromatic carbocycles. The second-order valence-electron chi connectivity index (χ2n) is 5.41. The SMILES string of the molecule is Clc1nc(-c2ccccc2)nc(-c2cccc(-c3ccccn3)c2)n1. The molecular weight excluding hydrogens is 332 g/mol. The fourth-order valence-electron chi connectivity index (χ4n) is 2.55. The van der Waals surface area contributed by atoms with Gasteiger partial charge in [0.2, 0.25) is 5.28 Å². The molecule has 25 heavy (non-hydrogen) atoms. The summed E-state index contributed by atoms with van der Waals surface area (Å²) in [5.74, 6) is 1.09. The number of nitrogens with zero attached hydrogens (tertiary/aromatic N) is 4. The smallest absolute Gasteiger partial charge is 0.226 e. The first-order valence-corrected chi connectivity index (χ1v) is 8.16. The van der Waals surface area contributed by atoms with E-state index in [1.165, 1.54) is 0 Å². The van der Waals surface area contributed by atoms with Gasteiger partial charge in [-0.1, -0.05) is 54.6 Å². The number of hydrogen-bond donors (Lipinski definition) is 0. The van der Waals surface area contributed by atoms with Crippen molar-refractivity contribution in [2.24, 2.45) is 0 Å². The molecule has 0 fully saturated rings. The zero-order valence-corrected chi connectivity index (χ0v) is 13.9. The van der Waals surface area contributed by atoms with Crippen LogP contribution in [-0.2, 0) is 0 Å². The molecule has 0 spiro atoms. The highest BCUT2D eigenvalue weighted by molar-refractivity contribution is 6.28. The quantitative estimate of drug-likeness (QED) is 0.529. The Labute approximate surface area is 150 Å². The number of benzene rings is 2. The normalized spacial score (nSPS) is 10.6. The van der Waals surface area contributed by atoms with Crippen molar-refractivity contribution in [2.75, 3.05) is 0 Å². The van der Waals surface area contributed by atoms with Crippen LogP contribution < -0.4 is 0 Å². The molecule has 2 heterocycles. The summed E-state index contributed by atoms with van der Waals surface area (Å²) in [5, 5.41) is 0.173. The lowest BCUT2D eigenvalue weighted by atomic mass is 10.1. The van der Waals surface area contributed by atoms with Gasteiger partial charge in [-0.05, 0) is 29.8 Å². The highest BCUT2D eigenvalue weighted by Gasteiger charge is 2.10. The van der Waals surface area contributed by atoms with Crippen LogP contribution in [0.4, 0.5) is 0 Å². The van der Waals surface area contributed by atoms with E-state index in [0.717, 1.165) is 22.4 Å². The predicted molar refractivity (Wildman–Crippen MR) is 98.9 cm³/mol. The summed E-state index contributed by atoms with van der Waals surface area (Å²) in [6.45, 7) is 0. The monoisotopic (exact) mass is 344 g/mol. The maximum Gasteiger partial charge on any atom is 0.226 e. The van der Waals surface area contributed by atoms with Gasteiger partial charge in [0, 0.05) is 22.9 Å². The molecule has 0 amide bonds. The van der Waals surface area contributed by atoms with Crippen molar-refractivity contribution in [3.8, 4) is 34.0 Å². The summed E-state index contributed by atoms with van der Waals surface area (Å²) >= 11 is 6.13. The van der Waals surface area contributed by atoms with Crippen molar-refractivity contribution >= 4 is 11.6 Å². The third-order valence-corrected chi connectivity index (χ3v) is 3.89. The summed E-state index contributed by atoms with van der Waals surface area (Å²) in [7, 11) is 0. The van der Waals surface area contributed by atoms with Gasteiger partial charge < -0.3 is 0 Å². The van der Waals surface area contributed by atoms with Crippen LogP contribution in [0.5, 0.6) is 0 Å². The van der Waals surface area contributed by atoms with Gasteiger partial charge in [0.1, 0.15) is 0 Å². The molecule has 0 saturated carbocycles. The topological polar surface area (TPSA) is 51.6 Å². The molecule has 0 aliphatic heterocycles. The van der Waals surface area contributed by atoms with Crippen LogP contribution in [-0.4, -0.2) is 19.9 Å². The van der Waals surface area contributed by atoms with E-state index in [0.29, 0.717) is 11.6 Å². The molecule has 0 atom stereocenters. The third kappa shape index (κ3) is 3.39. The maximum absolute atomic E-state index is 6.13. The number of rotatable bonds is 3. The van der Waals surface area contributed by atoms with E-state index in [2.05, 4.69) is 19.9 Å². The minimum atomic E-state index is 0.173. The molecule has 4 rings (SSSR count). The van der Waals surface area contributed by atoms with Gasteiger partial charge in [0.15, 0.2) is 11.6 Å². The molecule has 0 unspecified atom stereocenters. The Morgan fingerprint density at radius 3 is 2.04 bits per heavy atom. The maximum atomic E-state index is 6.13. The molecule has 4 nitrogen and oxygen atoms in total. The van der Waals surface area contributed by atoms with Gasteiger partial charge in [-0.2, -0.15) is 9.97 Å². The van der Waals surface area contributed by atoms with Crippen molar-refractivity contribution in [1.82, 2.24) is 19.9 Å². The zero-order chi connectivity index (χ0) is 17.1. The molecule has 0 bridgehead atoms. The van der Waals surface area contributed by atoms with Gasteiger partial charge in [-0.3, -0.25) is 4.98 Å². The Hall–Kier alpha value is -3.11. The Balaban J connectivity index is 1.79. The molecule has 0 N–H and O–H groups in total. The summed E-state index contributed by atoms with van der Waals surface area (Å²) in [6, 6.07) is 23.5. The average Bonchev–Trinajstić information content (AvgIpc) is 2.69. The number of pyridine rings is 1. The molecule has 2 aromatic heterocycles. The highest BCUT2D eigenvalue weighted by atomic mass is 35.5. The Bertz CT molecular complexity index is 1000. The minimum Gasteiger partial charge on any atom is -0.256 e. The van der Waals surface area contributed by atoms with Crippen molar-refractivity contribution < 1.29 is 0 Å². The summed E-state index contributed by atoms with van der Waals surface area (Å²) < 4.78 is 0. The first-order valence-electron chi connectivity index (χ1n) is 7.78. The summed E-state index contributed by atoms with van der Waals surface area (Å²) in [6.07, 6.45) is 1.77. The van der Waals surface area contributed by atoms with E-state index in [1.54, 1.807) is 6.20 Å². The van der Waals surface area contributed by atoms with Crippen LogP contribution in [0.15, 0.2) is 79.0 Å². The van der Waals surface area contributed by atoms with E-state index in [-0.39, 0.29) is 5.28 Å². The molecule has 0 saturated heterocycles. The standard InChI is InChI=1S/C20H13ClN4/c21-20-24-18(14-7-2-1-3-8-14)23-19(25-20)16-10-6-9-15(13-16)17-11-4-5-12-22-17/h1-13H. The first-order chi connectivity index (χ1) is 12.3. The lowest BCUT2D eigenvalue weighted by molar-refractivity contribution is 1.07. The number of halogens is 1. The molecule has 5 heteroatoms. The second-order valence-corrected chi connectivity index (χ2v) is 5.75. The third-order valence-electron chi connectivity index (χ3n) is 3.72. The fraction of sp³-hybridized carbons (Fsp3) is 0. The van der Waals surface area contributed by atoms with Gasteiger partial charge >= 0.3 is 0 Å². The average molecular weight is 345 g/mol. The Morgan fingerprint density at radius 2 is 1.28 bits per heavy atom. The fourth-order valence-corrected chi connectivity index (χ4v) is 2.71. The summed E-state index contributed by atoms with van der Waals surface area (Å²) in [4.78, 5) is 17.5. The second kappa shape index (κ2) is 6.79. The van der Waals surface area contributed by atoms with Crippen LogP contribution in [0, 0.1) is 0 Å². The van der Waals surface area contributed by atoms with Crippen molar-refractivity contribution in [3.05, 3.63) is 84.3 Å². The van der Waals surface area contributed by atoms with Gasteiger partial charge in [0.25, 0.3) is 0 Å². The lowest BCUT2D eigenvalue weighted by Gasteiger charge is -2.06. The van der Waals surface area contributed by atoms with E-state index in [9.17, 15) is 0 Å². The van der Waals surface area contributed by atoms with Crippen LogP contribution in [0.25, 0.3) is 34.0 Å². The van der Waals surface area contributed by atoms with E-state index < -0.39 is 0 Å². The van der Waals surface area contributed by atoms with Crippen LogP contribution in [0.2, 0.25) is 5.28 Å². The minimum absolute atomic E-state index is 0.173. The molecule has 120 valence electrons. The Kier molecular flexibility index (Phi) is 4.19. The van der Waals surface area contributed by atoms with Crippen LogP contribution >= 0.6 is 11.6 Å².